The van der Waals surface area contributed by atoms with Gasteiger partial charge in [0.1, 0.15) is 6.10 Å². The molecular formula is C7H10N2O4. The topological polar surface area (TPSA) is 74.5 Å². The summed E-state index contributed by atoms with van der Waals surface area (Å²) in [7, 11) is 2.75. The van der Waals surface area contributed by atoms with Crippen molar-refractivity contribution in [3.05, 3.63) is 11.8 Å². The molecule has 1 aromatic rings. The van der Waals surface area contributed by atoms with Gasteiger partial charge in [-0.15, -0.1) is 10.2 Å². The summed E-state index contributed by atoms with van der Waals surface area (Å²) in [6.45, 7) is 1.73. The summed E-state index contributed by atoms with van der Waals surface area (Å²) in [6.07, 6.45) is -0.328. The fraction of sp³-hybridized carbons (Fsp3) is 0.571. The van der Waals surface area contributed by atoms with Crippen LogP contribution in [0.1, 0.15) is 29.6 Å². The summed E-state index contributed by atoms with van der Waals surface area (Å²) in [5.74, 6) is -0.564. The maximum Gasteiger partial charge on any atom is 0.396 e. The second kappa shape index (κ2) is 3.99. The van der Waals surface area contributed by atoms with Gasteiger partial charge in [-0.1, -0.05) is 0 Å². The lowest BCUT2D eigenvalue weighted by atomic mass is 10.4. The molecule has 13 heavy (non-hydrogen) atoms. The molecule has 0 saturated heterocycles. The van der Waals surface area contributed by atoms with Crippen molar-refractivity contribution in [1.29, 1.82) is 0 Å². The first-order chi connectivity index (χ1) is 6.19. The molecule has 6 heteroatoms. The minimum atomic E-state index is -0.651. The number of carbonyl (C=O) groups is 1. The summed E-state index contributed by atoms with van der Waals surface area (Å²) in [4.78, 5) is 10.9. The number of esters is 1. The van der Waals surface area contributed by atoms with E-state index in [0.717, 1.165) is 0 Å². The van der Waals surface area contributed by atoms with Crippen LogP contribution in [-0.2, 0) is 9.47 Å². The molecule has 1 heterocycles. The third-order valence-corrected chi connectivity index (χ3v) is 1.50. The van der Waals surface area contributed by atoms with Crippen molar-refractivity contribution in [3.63, 3.8) is 0 Å². The summed E-state index contributed by atoms with van der Waals surface area (Å²) in [5, 5.41) is 7.10. The zero-order valence-corrected chi connectivity index (χ0v) is 7.60. The highest BCUT2D eigenvalue weighted by Gasteiger charge is 2.18. The smallest absolute Gasteiger partial charge is 0.396 e. The molecule has 0 aliphatic rings. The van der Waals surface area contributed by atoms with Crippen molar-refractivity contribution < 1.29 is 18.7 Å². The van der Waals surface area contributed by atoms with Crippen molar-refractivity contribution >= 4 is 5.97 Å². The van der Waals surface area contributed by atoms with Gasteiger partial charge < -0.3 is 13.9 Å². The van der Waals surface area contributed by atoms with E-state index in [0.29, 0.717) is 0 Å². The number of hydrogen-bond donors (Lipinski definition) is 0. The Morgan fingerprint density at radius 3 is 2.69 bits per heavy atom. The standard InChI is InChI=1S/C7H10N2O4/c1-4(11-2)5-8-9-6(13-5)7(10)12-3/h4H,1-3H3. The Morgan fingerprint density at radius 1 is 1.46 bits per heavy atom. The molecule has 1 atom stereocenters. The monoisotopic (exact) mass is 186 g/mol. The Hall–Kier alpha value is -1.43. The third kappa shape index (κ3) is 2.03. The van der Waals surface area contributed by atoms with Gasteiger partial charge in [0.2, 0.25) is 5.89 Å². The Balaban J connectivity index is 2.80. The minimum Gasteiger partial charge on any atom is -0.462 e. The van der Waals surface area contributed by atoms with E-state index in [1.165, 1.54) is 14.2 Å². The molecule has 1 unspecified atom stereocenters. The molecule has 1 aromatic heterocycles. The molecule has 0 spiro atoms. The first kappa shape index (κ1) is 9.66. The second-order valence-corrected chi connectivity index (χ2v) is 2.31. The lowest BCUT2D eigenvalue weighted by molar-refractivity contribution is 0.0537. The first-order valence-corrected chi connectivity index (χ1v) is 3.63. The second-order valence-electron chi connectivity index (χ2n) is 2.31. The van der Waals surface area contributed by atoms with Crippen LogP contribution in [-0.4, -0.2) is 30.4 Å². The van der Waals surface area contributed by atoms with E-state index in [9.17, 15) is 4.79 Å². The molecule has 0 aromatic carbocycles. The van der Waals surface area contributed by atoms with Crippen LogP contribution in [0.3, 0.4) is 0 Å². The van der Waals surface area contributed by atoms with Crippen molar-refractivity contribution in [3.8, 4) is 0 Å². The van der Waals surface area contributed by atoms with Gasteiger partial charge >= 0.3 is 11.9 Å². The Kier molecular flexibility index (Phi) is 2.97. The van der Waals surface area contributed by atoms with E-state index in [2.05, 4.69) is 14.9 Å². The molecule has 0 N–H and O–H groups in total. The van der Waals surface area contributed by atoms with Crippen LogP contribution in [0.25, 0.3) is 0 Å². The van der Waals surface area contributed by atoms with Crippen molar-refractivity contribution in [2.45, 2.75) is 13.0 Å². The fourth-order valence-corrected chi connectivity index (χ4v) is 0.669. The van der Waals surface area contributed by atoms with E-state index in [1.54, 1.807) is 6.92 Å². The summed E-state index contributed by atoms with van der Waals surface area (Å²) in [6, 6.07) is 0. The predicted octanol–water partition coefficient (Wildman–Crippen LogP) is 0.564. The summed E-state index contributed by atoms with van der Waals surface area (Å²) < 4.78 is 14.3. The first-order valence-electron chi connectivity index (χ1n) is 3.63. The lowest BCUT2D eigenvalue weighted by Crippen LogP contribution is -2.00. The van der Waals surface area contributed by atoms with E-state index in [-0.39, 0.29) is 17.9 Å². The summed E-state index contributed by atoms with van der Waals surface area (Å²) >= 11 is 0. The van der Waals surface area contributed by atoms with Gasteiger partial charge in [-0.25, -0.2) is 4.79 Å². The Bertz CT molecular complexity index is 296. The summed E-state index contributed by atoms with van der Waals surface area (Å²) in [5.41, 5.74) is 0. The van der Waals surface area contributed by atoms with Crippen LogP contribution in [0.4, 0.5) is 0 Å². The van der Waals surface area contributed by atoms with Gasteiger partial charge in [-0.05, 0) is 6.92 Å². The largest absolute Gasteiger partial charge is 0.462 e. The molecule has 0 radical (unpaired) electrons. The van der Waals surface area contributed by atoms with Crippen LogP contribution in [0, 0.1) is 0 Å². The van der Waals surface area contributed by atoms with E-state index >= 15 is 0 Å². The van der Waals surface area contributed by atoms with Crippen molar-refractivity contribution in [1.82, 2.24) is 10.2 Å². The highest BCUT2D eigenvalue weighted by molar-refractivity contribution is 5.83. The normalized spacial score (nSPS) is 12.5. The lowest BCUT2D eigenvalue weighted by Gasteiger charge is -2.01. The molecule has 0 aliphatic carbocycles. The molecule has 0 bridgehead atoms. The number of aromatic nitrogens is 2. The highest BCUT2D eigenvalue weighted by Crippen LogP contribution is 2.13. The van der Waals surface area contributed by atoms with Gasteiger partial charge in [0.25, 0.3) is 0 Å². The quantitative estimate of drug-likeness (QED) is 0.642. The highest BCUT2D eigenvalue weighted by atomic mass is 16.5. The van der Waals surface area contributed by atoms with Gasteiger partial charge in [-0.3, -0.25) is 0 Å². The number of hydrogen-bond acceptors (Lipinski definition) is 6. The Morgan fingerprint density at radius 2 is 2.15 bits per heavy atom. The molecule has 1 rings (SSSR count). The van der Waals surface area contributed by atoms with Crippen molar-refractivity contribution in [2.75, 3.05) is 14.2 Å². The molecule has 0 amide bonds. The maximum absolute atomic E-state index is 10.9. The van der Waals surface area contributed by atoms with Crippen LogP contribution in [0.2, 0.25) is 0 Å². The van der Waals surface area contributed by atoms with E-state index in [1.807, 2.05) is 0 Å². The van der Waals surface area contributed by atoms with Gasteiger partial charge in [0.05, 0.1) is 7.11 Å². The van der Waals surface area contributed by atoms with E-state index < -0.39 is 5.97 Å². The number of nitrogens with zero attached hydrogens (tertiary/aromatic N) is 2. The van der Waals surface area contributed by atoms with Gasteiger partial charge in [0.15, 0.2) is 0 Å². The predicted molar refractivity (Wildman–Crippen MR) is 41.1 cm³/mol. The number of methoxy groups -OCH3 is 2. The van der Waals surface area contributed by atoms with Crippen LogP contribution in [0.15, 0.2) is 4.42 Å². The van der Waals surface area contributed by atoms with Crippen LogP contribution >= 0.6 is 0 Å². The average Bonchev–Trinajstić information content (AvgIpc) is 2.64. The van der Waals surface area contributed by atoms with Crippen molar-refractivity contribution in [2.24, 2.45) is 0 Å². The zero-order valence-electron chi connectivity index (χ0n) is 7.60. The number of carbonyl (C=O) groups excluding carboxylic acids is 1. The number of rotatable bonds is 3. The molecule has 0 fully saturated rings. The minimum absolute atomic E-state index is 0.165. The fourth-order valence-electron chi connectivity index (χ4n) is 0.669. The number of ether oxygens (including phenoxy) is 2. The zero-order chi connectivity index (χ0) is 9.84. The van der Waals surface area contributed by atoms with Crippen LogP contribution < -0.4 is 0 Å². The van der Waals surface area contributed by atoms with Gasteiger partial charge in [0, 0.05) is 7.11 Å². The van der Waals surface area contributed by atoms with Crippen LogP contribution in [0.5, 0.6) is 0 Å². The SMILES string of the molecule is COC(=O)c1nnc(C(C)OC)o1. The third-order valence-electron chi connectivity index (χ3n) is 1.50. The maximum atomic E-state index is 10.9. The molecule has 0 saturated carbocycles. The molecule has 0 aliphatic heterocycles. The average molecular weight is 186 g/mol. The molecule has 6 nitrogen and oxygen atoms in total. The molecule has 72 valence electrons. The molecular weight excluding hydrogens is 176 g/mol. The Labute approximate surface area is 74.8 Å². The van der Waals surface area contributed by atoms with Gasteiger partial charge in [-0.2, -0.15) is 0 Å². The van der Waals surface area contributed by atoms with E-state index in [4.69, 9.17) is 9.15 Å².